The van der Waals surface area contributed by atoms with Gasteiger partial charge in [0.2, 0.25) is 17.6 Å². The first-order valence-electron chi connectivity index (χ1n) is 16.3. The fourth-order valence-electron chi connectivity index (χ4n) is 5.55. The Balaban J connectivity index is 1.32. The van der Waals surface area contributed by atoms with Gasteiger partial charge in [-0.3, -0.25) is 19.2 Å². The van der Waals surface area contributed by atoms with Crippen molar-refractivity contribution in [2.24, 2.45) is 0 Å². The topological polar surface area (TPSA) is 162 Å². The van der Waals surface area contributed by atoms with E-state index in [1.165, 1.54) is 64.5 Å². The van der Waals surface area contributed by atoms with Gasteiger partial charge in [0.25, 0.3) is 11.8 Å². The van der Waals surface area contributed by atoms with E-state index in [1.807, 2.05) is 0 Å². The summed E-state index contributed by atoms with van der Waals surface area (Å²) in [5, 5.41) is 8.77. The summed E-state index contributed by atoms with van der Waals surface area (Å²) >= 11 is 2.49. The van der Waals surface area contributed by atoms with Gasteiger partial charge in [0.1, 0.15) is 10.7 Å². The van der Waals surface area contributed by atoms with Crippen molar-refractivity contribution in [3.8, 4) is 17.2 Å². The number of benzene rings is 3. The van der Waals surface area contributed by atoms with Crippen LogP contribution in [0.2, 0.25) is 0 Å². The molecule has 0 fully saturated rings. The van der Waals surface area contributed by atoms with E-state index in [4.69, 9.17) is 18.9 Å². The molecule has 1 aliphatic heterocycles. The minimum absolute atomic E-state index is 0.000425. The molecule has 0 saturated heterocycles. The number of hydrogen-bond donors (Lipinski definition) is 3. The highest BCUT2D eigenvalue weighted by Crippen LogP contribution is 2.39. The van der Waals surface area contributed by atoms with Crippen molar-refractivity contribution < 1.29 is 42.9 Å². The molecule has 1 aliphatic rings. The fraction of sp³-hybridized carbons (Fsp3) is 0.237. The first-order valence-corrected chi connectivity index (χ1v) is 18.1. The largest absolute Gasteiger partial charge is 0.493 e. The molecule has 3 N–H and O–H groups in total. The maximum Gasteiger partial charge on any atom is 0.341 e. The van der Waals surface area contributed by atoms with E-state index in [2.05, 4.69) is 16.0 Å². The van der Waals surface area contributed by atoms with Gasteiger partial charge in [-0.25, -0.2) is 4.79 Å². The number of thioether (sulfide) groups is 1. The number of anilines is 2. The number of nitrogens with zero attached hydrogens (tertiary/aromatic N) is 1. The van der Waals surface area contributed by atoms with Crippen molar-refractivity contribution in [1.82, 2.24) is 10.2 Å². The number of methoxy groups -OCH3 is 4. The molecule has 3 aromatic carbocycles. The Morgan fingerprint density at radius 2 is 1.60 bits per heavy atom. The molecule has 0 atom stereocenters. The molecule has 0 saturated carbocycles. The van der Waals surface area contributed by atoms with Crippen LogP contribution in [0.3, 0.4) is 0 Å². The molecule has 4 amide bonds. The second-order valence-electron chi connectivity index (χ2n) is 11.5. The van der Waals surface area contributed by atoms with Gasteiger partial charge >= 0.3 is 5.97 Å². The van der Waals surface area contributed by atoms with E-state index < -0.39 is 17.8 Å². The second-order valence-corrected chi connectivity index (χ2v) is 13.7. The third kappa shape index (κ3) is 9.36. The van der Waals surface area contributed by atoms with Gasteiger partial charge in [0, 0.05) is 34.5 Å². The summed E-state index contributed by atoms with van der Waals surface area (Å²) < 4.78 is 21.3. The zero-order chi connectivity index (χ0) is 38.1. The lowest BCUT2D eigenvalue weighted by Crippen LogP contribution is -2.33. The molecule has 276 valence electrons. The number of thiophene rings is 1. The van der Waals surface area contributed by atoms with Gasteiger partial charge in [-0.2, -0.15) is 0 Å². The average Bonchev–Trinajstić information content (AvgIpc) is 3.53. The van der Waals surface area contributed by atoms with Crippen molar-refractivity contribution in [1.29, 1.82) is 0 Å². The molecule has 15 heteroatoms. The van der Waals surface area contributed by atoms with Crippen molar-refractivity contribution in [2.75, 3.05) is 51.4 Å². The molecule has 0 unspecified atom stereocenters. The molecule has 4 aromatic rings. The number of carbonyl (C=O) groups excluding carboxylic acids is 5. The number of ether oxygens (including phenoxy) is 4. The van der Waals surface area contributed by atoms with Crippen LogP contribution in [-0.4, -0.2) is 75.2 Å². The first-order chi connectivity index (χ1) is 25.5. The van der Waals surface area contributed by atoms with Gasteiger partial charge in [-0.05, 0) is 66.1 Å². The minimum Gasteiger partial charge on any atom is -0.493 e. The van der Waals surface area contributed by atoms with Crippen LogP contribution in [0.15, 0.2) is 77.3 Å². The Bertz CT molecular complexity index is 2040. The summed E-state index contributed by atoms with van der Waals surface area (Å²) in [6.07, 6.45) is 1.97. The van der Waals surface area contributed by atoms with Crippen molar-refractivity contribution in [3.63, 3.8) is 0 Å². The molecule has 5 rings (SSSR count). The van der Waals surface area contributed by atoms with Crippen LogP contribution >= 0.6 is 23.1 Å². The number of fused-ring (bicyclic) bond motifs is 1. The molecule has 1 aromatic heterocycles. The second kappa shape index (κ2) is 17.6. The summed E-state index contributed by atoms with van der Waals surface area (Å²) in [6.45, 7) is 2.33. The molecular formula is C38H38N4O9S2. The third-order valence-corrected chi connectivity index (χ3v) is 10.3. The average molecular weight is 759 g/mol. The third-order valence-electron chi connectivity index (χ3n) is 8.13. The fourth-order valence-corrected chi connectivity index (χ4v) is 7.57. The summed E-state index contributed by atoms with van der Waals surface area (Å²) in [6, 6.07) is 18.7. The van der Waals surface area contributed by atoms with E-state index in [0.717, 1.165) is 10.4 Å². The summed E-state index contributed by atoms with van der Waals surface area (Å²) in [5.41, 5.74) is 2.30. The number of nitrogens with one attached hydrogen (secondary N) is 3. The van der Waals surface area contributed by atoms with Gasteiger partial charge < -0.3 is 39.8 Å². The van der Waals surface area contributed by atoms with Crippen LogP contribution in [0.1, 0.15) is 43.6 Å². The van der Waals surface area contributed by atoms with Gasteiger partial charge in [-0.15, -0.1) is 23.1 Å². The normalized spacial score (nSPS) is 12.2. The van der Waals surface area contributed by atoms with E-state index in [-0.39, 0.29) is 23.3 Å². The lowest BCUT2D eigenvalue weighted by Gasteiger charge is -2.25. The molecule has 13 nitrogen and oxygen atoms in total. The monoisotopic (exact) mass is 758 g/mol. The maximum atomic E-state index is 13.7. The number of esters is 1. The predicted octanol–water partition coefficient (Wildman–Crippen LogP) is 5.61. The Hall–Kier alpha value is -5.80. The van der Waals surface area contributed by atoms with E-state index in [9.17, 15) is 24.0 Å². The number of rotatable bonds is 13. The molecule has 53 heavy (non-hydrogen) atoms. The minimum atomic E-state index is -0.608. The summed E-state index contributed by atoms with van der Waals surface area (Å²) in [4.78, 5) is 67.9. The zero-order valence-electron chi connectivity index (χ0n) is 29.7. The molecule has 0 radical (unpaired) electrons. The lowest BCUT2D eigenvalue weighted by molar-refractivity contribution is -0.129. The predicted molar refractivity (Wildman–Crippen MR) is 203 cm³/mol. The first kappa shape index (κ1) is 38.4. The van der Waals surface area contributed by atoms with Crippen LogP contribution in [0, 0.1) is 0 Å². The Morgan fingerprint density at radius 3 is 2.25 bits per heavy atom. The van der Waals surface area contributed by atoms with Crippen molar-refractivity contribution in [2.45, 2.75) is 24.8 Å². The van der Waals surface area contributed by atoms with E-state index in [1.54, 1.807) is 71.6 Å². The smallest absolute Gasteiger partial charge is 0.341 e. The van der Waals surface area contributed by atoms with Crippen LogP contribution in [0.4, 0.5) is 10.7 Å². The van der Waals surface area contributed by atoms with Gasteiger partial charge in [-0.1, -0.05) is 24.3 Å². The highest BCUT2D eigenvalue weighted by molar-refractivity contribution is 8.00. The van der Waals surface area contributed by atoms with Gasteiger partial charge in [0.05, 0.1) is 46.3 Å². The standard InChI is InChI=1S/C38H38N4O9S2/c1-22(43)42-15-14-27-31(20-42)53-37(33(27)38(47)51-5)41-32(44)21-52-26-13-9-12-25(19-26)39-36(46)28(40-35(45)24-10-7-6-8-11-24)16-23-17-29(48-2)34(50-4)30(18-23)49-3/h6-13,16-19H,14-15,20-21H2,1-5H3,(H,39,46)(H,40,45)(H,41,44)/b28-16+. The molecule has 0 aliphatic carbocycles. The van der Waals surface area contributed by atoms with E-state index >= 15 is 0 Å². The quantitative estimate of drug-likeness (QED) is 0.0889. The molecule has 0 bridgehead atoms. The number of amides is 4. The number of carbonyl (C=O) groups is 5. The molecule has 2 heterocycles. The van der Waals surface area contributed by atoms with E-state index in [0.29, 0.717) is 69.0 Å². The Kier molecular flexibility index (Phi) is 12.8. The van der Waals surface area contributed by atoms with Gasteiger partial charge in [0.15, 0.2) is 11.5 Å². The van der Waals surface area contributed by atoms with Crippen molar-refractivity contribution in [3.05, 3.63) is 99.6 Å². The SMILES string of the molecule is COC(=O)c1c(NC(=O)CSc2cccc(NC(=O)/C(=C\c3cc(OC)c(OC)c(OC)c3)NC(=O)c3ccccc3)c2)sc2c1CCN(C(C)=O)C2. The van der Waals surface area contributed by atoms with Crippen LogP contribution in [0.25, 0.3) is 6.08 Å². The highest BCUT2D eigenvalue weighted by Gasteiger charge is 2.30. The number of hydrogen-bond acceptors (Lipinski definition) is 11. The zero-order valence-corrected chi connectivity index (χ0v) is 31.3. The summed E-state index contributed by atoms with van der Waals surface area (Å²) in [7, 11) is 5.72. The summed E-state index contributed by atoms with van der Waals surface area (Å²) in [5.74, 6) is -0.974. The molecular weight excluding hydrogens is 721 g/mol. The molecule has 0 spiro atoms. The van der Waals surface area contributed by atoms with Crippen LogP contribution in [0.5, 0.6) is 17.2 Å². The Morgan fingerprint density at radius 1 is 0.887 bits per heavy atom. The Labute approximate surface area is 314 Å². The maximum absolute atomic E-state index is 13.7. The van der Waals surface area contributed by atoms with Crippen molar-refractivity contribution >= 4 is 69.5 Å². The van der Waals surface area contributed by atoms with Crippen LogP contribution in [-0.2, 0) is 32.1 Å². The lowest BCUT2D eigenvalue weighted by atomic mass is 10.0. The highest BCUT2D eigenvalue weighted by atomic mass is 32.2. The van der Waals surface area contributed by atoms with Crippen LogP contribution < -0.4 is 30.2 Å².